The van der Waals surface area contributed by atoms with Crippen molar-refractivity contribution in [1.29, 1.82) is 0 Å². The molecule has 0 fully saturated rings. The molecule has 6 heteroatoms. The maximum Gasteiger partial charge on any atom is 0.306 e. The van der Waals surface area contributed by atoms with Gasteiger partial charge in [0.1, 0.15) is 13.2 Å². The molecule has 0 bridgehead atoms. The fourth-order valence-corrected chi connectivity index (χ4v) is 8.20. The van der Waals surface area contributed by atoms with Gasteiger partial charge in [0.15, 0.2) is 6.10 Å². The molecular formula is C57H106O6. The van der Waals surface area contributed by atoms with Gasteiger partial charge in [0.05, 0.1) is 0 Å². The van der Waals surface area contributed by atoms with Crippen molar-refractivity contribution in [3.8, 4) is 0 Å². The van der Waals surface area contributed by atoms with Gasteiger partial charge in [-0.25, -0.2) is 0 Å². The molecule has 370 valence electrons. The summed E-state index contributed by atoms with van der Waals surface area (Å²) in [5.74, 6) is -0.868. The van der Waals surface area contributed by atoms with Crippen molar-refractivity contribution in [2.45, 2.75) is 309 Å². The maximum atomic E-state index is 12.8. The summed E-state index contributed by atoms with van der Waals surface area (Å²) < 4.78 is 16.8. The first kappa shape index (κ1) is 60.9. The van der Waals surface area contributed by atoms with E-state index in [1.165, 1.54) is 199 Å². The van der Waals surface area contributed by atoms with Crippen LogP contribution in [0, 0.1) is 0 Å². The molecule has 0 radical (unpaired) electrons. The van der Waals surface area contributed by atoms with Gasteiger partial charge in [-0.1, -0.05) is 238 Å². The van der Waals surface area contributed by atoms with Crippen molar-refractivity contribution in [3.05, 3.63) is 24.3 Å². The molecule has 0 aliphatic heterocycles. The van der Waals surface area contributed by atoms with Gasteiger partial charge in [0.25, 0.3) is 0 Å². The van der Waals surface area contributed by atoms with Crippen molar-refractivity contribution in [2.75, 3.05) is 13.2 Å². The van der Waals surface area contributed by atoms with E-state index < -0.39 is 6.10 Å². The van der Waals surface area contributed by atoms with Crippen LogP contribution in [0.2, 0.25) is 0 Å². The van der Waals surface area contributed by atoms with Gasteiger partial charge in [0.2, 0.25) is 0 Å². The second-order valence-corrected chi connectivity index (χ2v) is 18.8. The summed E-state index contributed by atoms with van der Waals surface area (Å²) in [5, 5.41) is 0. The van der Waals surface area contributed by atoms with Crippen LogP contribution in [0.3, 0.4) is 0 Å². The lowest BCUT2D eigenvalue weighted by Crippen LogP contribution is -2.30. The number of carbonyl (C=O) groups is 3. The number of esters is 3. The van der Waals surface area contributed by atoms with E-state index >= 15 is 0 Å². The third kappa shape index (κ3) is 50.7. The fraction of sp³-hybridized carbons (Fsp3) is 0.877. The third-order valence-electron chi connectivity index (χ3n) is 12.4. The van der Waals surface area contributed by atoms with Crippen molar-refractivity contribution < 1.29 is 28.6 Å². The van der Waals surface area contributed by atoms with E-state index in [4.69, 9.17) is 14.2 Å². The van der Waals surface area contributed by atoms with Crippen LogP contribution in [0.5, 0.6) is 0 Å². The Bertz CT molecular complexity index is 1020. The Hall–Kier alpha value is -2.11. The van der Waals surface area contributed by atoms with Crippen LogP contribution in [-0.2, 0) is 28.6 Å². The summed E-state index contributed by atoms with van der Waals surface area (Å²) in [6, 6.07) is 0. The van der Waals surface area contributed by atoms with Gasteiger partial charge >= 0.3 is 17.9 Å². The Kier molecular flexibility index (Phi) is 50.8. The first-order valence-electron chi connectivity index (χ1n) is 27.8. The van der Waals surface area contributed by atoms with Crippen LogP contribution in [0.25, 0.3) is 0 Å². The fourth-order valence-electron chi connectivity index (χ4n) is 8.20. The van der Waals surface area contributed by atoms with Crippen molar-refractivity contribution in [3.63, 3.8) is 0 Å². The first-order chi connectivity index (χ1) is 31.0. The Morgan fingerprint density at radius 3 is 0.810 bits per heavy atom. The average Bonchev–Trinajstić information content (AvgIpc) is 3.28. The molecule has 0 aliphatic carbocycles. The molecule has 6 nitrogen and oxygen atoms in total. The Morgan fingerprint density at radius 2 is 0.524 bits per heavy atom. The maximum absolute atomic E-state index is 12.8. The van der Waals surface area contributed by atoms with Gasteiger partial charge in [-0.05, 0) is 70.6 Å². The van der Waals surface area contributed by atoms with Gasteiger partial charge in [0, 0.05) is 19.3 Å². The molecule has 0 N–H and O–H groups in total. The molecule has 0 aromatic carbocycles. The summed E-state index contributed by atoms with van der Waals surface area (Å²) in [6.07, 6.45) is 60.3. The van der Waals surface area contributed by atoms with Gasteiger partial charge in [-0.3, -0.25) is 14.4 Å². The van der Waals surface area contributed by atoms with Crippen LogP contribution in [0.1, 0.15) is 303 Å². The zero-order valence-corrected chi connectivity index (χ0v) is 42.4. The second-order valence-electron chi connectivity index (χ2n) is 18.8. The SMILES string of the molecule is CCCCCC/C=C\CCCCCCCC(=O)OC(COC(=O)CCCCCCCCCCC/C=C\CCCCCCCCCC)COC(=O)CCCCCCCCCCCCC. The molecule has 0 aliphatic rings. The largest absolute Gasteiger partial charge is 0.462 e. The Morgan fingerprint density at radius 1 is 0.302 bits per heavy atom. The Balaban J connectivity index is 4.26. The van der Waals surface area contributed by atoms with Crippen molar-refractivity contribution in [1.82, 2.24) is 0 Å². The number of allylic oxidation sites excluding steroid dienone is 4. The lowest BCUT2D eigenvalue weighted by atomic mass is 10.1. The van der Waals surface area contributed by atoms with Crippen LogP contribution >= 0.6 is 0 Å². The minimum atomic E-state index is -0.771. The summed E-state index contributed by atoms with van der Waals surface area (Å²) in [5.41, 5.74) is 0. The molecule has 0 aromatic rings. The number of hydrogen-bond acceptors (Lipinski definition) is 6. The molecule has 0 rings (SSSR count). The monoisotopic (exact) mass is 887 g/mol. The van der Waals surface area contributed by atoms with Gasteiger partial charge < -0.3 is 14.2 Å². The molecule has 0 aromatic heterocycles. The normalized spacial score (nSPS) is 12.1. The van der Waals surface area contributed by atoms with E-state index in [0.29, 0.717) is 19.3 Å². The van der Waals surface area contributed by atoms with Crippen LogP contribution < -0.4 is 0 Å². The number of rotatable bonds is 51. The van der Waals surface area contributed by atoms with Gasteiger partial charge in [-0.2, -0.15) is 0 Å². The molecule has 0 saturated carbocycles. The molecule has 0 heterocycles. The van der Waals surface area contributed by atoms with Gasteiger partial charge in [-0.15, -0.1) is 0 Å². The number of ether oxygens (including phenoxy) is 3. The zero-order chi connectivity index (χ0) is 45.8. The highest BCUT2D eigenvalue weighted by atomic mass is 16.6. The molecule has 0 amide bonds. The lowest BCUT2D eigenvalue weighted by molar-refractivity contribution is -0.167. The Labute approximate surface area is 392 Å². The molecule has 0 spiro atoms. The van der Waals surface area contributed by atoms with Crippen LogP contribution in [-0.4, -0.2) is 37.2 Å². The van der Waals surface area contributed by atoms with E-state index in [-0.39, 0.29) is 31.1 Å². The smallest absolute Gasteiger partial charge is 0.306 e. The third-order valence-corrected chi connectivity index (χ3v) is 12.4. The topological polar surface area (TPSA) is 78.9 Å². The summed E-state index contributed by atoms with van der Waals surface area (Å²) in [4.78, 5) is 38.0. The predicted molar refractivity (Wildman–Crippen MR) is 270 cm³/mol. The van der Waals surface area contributed by atoms with E-state index in [9.17, 15) is 14.4 Å². The average molecular weight is 887 g/mol. The molecule has 63 heavy (non-hydrogen) atoms. The molecular weight excluding hydrogens is 781 g/mol. The zero-order valence-electron chi connectivity index (χ0n) is 42.4. The number of unbranched alkanes of at least 4 members (excludes halogenated alkanes) is 36. The van der Waals surface area contributed by atoms with Crippen molar-refractivity contribution in [2.24, 2.45) is 0 Å². The highest BCUT2D eigenvalue weighted by Crippen LogP contribution is 2.16. The minimum Gasteiger partial charge on any atom is -0.462 e. The summed E-state index contributed by atoms with van der Waals surface area (Å²) >= 11 is 0. The number of carbonyl (C=O) groups excluding carboxylic acids is 3. The summed E-state index contributed by atoms with van der Waals surface area (Å²) in [6.45, 7) is 6.64. The van der Waals surface area contributed by atoms with Crippen LogP contribution in [0.15, 0.2) is 24.3 Å². The van der Waals surface area contributed by atoms with E-state index in [1.807, 2.05) is 0 Å². The van der Waals surface area contributed by atoms with E-state index in [0.717, 1.165) is 64.2 Å². The predicted octanol–water partition coefficient (Wildman–Crippen LogP) is 18.3. The molecule has 1 unspecified atom stereocenters. The highest BCUT2D eigenvalue weighted by molar-refractivity contribution is 5.71. The molecule has 0 saturated heterocycles. The van der Waals surface area contributed by atoms with Crippen molar-refractivity contribution >= 4 is 17.9 Å². The highest BCUT2D eigenvalue weighted by Gasteiger charge is 2.19. The lowest BCUT2D eigenvalue weighted by Gasteiger charge is -2.18. The second kappa shape index (κ2) is 52.5. The minimum absolute atomic E-state index is 0.0714. The number of hydrogen-bond donors (Lipinski definition) is 0. The van der Waals surface area contributed by atoms with E-state index in [2.05, 4.69) is 45.1 Å². The summed E-state index contributed by atoms with van der Waals surface area (Å²) in [7, 11) is 0. The van der Waals surface area contributed by atoms with E-state index in [1.54, 1.807) is 0 Å². The standard InChI is InChI=1S/C57H106O6/c1-4-7-10-13-16-19-22-24-25-26-27-28-29-30-31-33-35-38-41-44-47-50-56(59)62-53-54(52-61-55(58)49-46-43-40-37-34-21-18-15-12-9-6-3)63-57(60)51-48-45-42-39-36-32-23-20-17-14-11-8-5-2/h20,23,26-27,54H,4-19,21-22,24-25,28-53H2,1-3H3/b23-20-,27-26-. The first-order valence-corrected chi connectivity index (χ1v) is 27.8. The van der Waals surface area contributed by atoms with Crippen LogP contribution in [0.4, 0.5) is 0 Å². The quantitative estimate of drug-likeness (QED) is 0.0262. The molecule has 1 atom stereocenters.